The van der Waals surface area contributed by atoms with Gasteiger partial charge in [0, 0.05) is 6.54 Å². The van der Waals surface area contributed by atoms with Crippen molar-refractivity contribution in [2.75, 3.05) is 17.6 Å². The first-order valence-electron chi connectivity index (χ1n) is 6.74. The SMILES string of the molecule is CCc1nnc(NCC2CCCS2(=O)=O)nc1CC. The minimum absolute atomic E-state index is 0.299. The highest BCUT2D eigenvalue weighted by Gasteiger charge is 2.31. The van der Waals surface area contributed by atoms with E-state index in [4.69, 9.17) is 0 Å². The van der Waals surface area contributed by atoms with Gasteiger partial charge < -0.3 is 5.32 Å². The second kappa shape index (κ2) is 5.81. The average molecular weight is 284 g/mol. The number of rotatable bonds is 5. The summed E-state index contributed by atoms with van der Waals surface area (Å²) in [7, 11) is -2.92. The Morgan fingerprint density at radius 1 is 1.21 bits per heavy atom. The van der Waals surface area contributed by atoms with Gasteiger partial charge in [0.2, 0.25) is 5.95 Å². The van der Waals surface area contributed by atoms with Crippen LogP contribution in [0.15, 0.2) is 0 Å². The number of hydrogen-bond donors (Lipinski definition) is 1. The monoisotopic (exact) mass is 284 g/mol. The summed E-state index contributed by atoms with van der Waals surface area (Å²) in [5, 5.41) is 10.8. The topological polar surface area (TPSA) is 84.8 Å². The van der Waals surface area contributed by atoms with Gasteiger partial charge in [0.1, 0.15) is 0 Å². The van der Waals surface area contributed by atoms with Gasteiger partial charge in [0.05, 0.1) is 22.4 Å². The minimum Gasteiger partial charge on any atom is -0.352 e. The molecule has 0 bridgehead atoms. The molecule has 0 radical (unpaired) electrons. The zero-order valence-electron chi connectivity index (χ0n) is 11.4. The fourth-order valence-corrected chi connectivity index (χ4v) is 4.07. The molecule has 19 heavy (non-hydrogen) atoms. The summed E-state index contributed by atoms with van der Waals surface area (Å²) in [6.07, 6.45) is 3.08. The van der Waals surface area contributed by atoms with Gasteiger partial charge in [-0.3, -0.25) is 0 Å². The normalized spacial score (nSPS) is 21.5. The van der Waals surface area contributed by atoms with Crippen LogP contribution in [0.5, 0.6) is 0 Å². The van der Waals surface area contributed by atoms with E-state index in [0.717, 1.165) is 37.1 Å². The minimum atomic E-state index is -2.92. The van der Waals surface area contributed by atoms with Crippen molar-refractivity contribution < 1.29 is 8.42 Å². The number of nitrogens with one attached hydrogen (secondary N) is 1. The summed E-state index contributed by atoms with van der Waals surface area (Å²) in [4.78, 5) is 4.39. The maximum absolute atomic E-state index is 11.7. The molecule has 2 rings (SSSR count). The highest BCUT2D eigenvalue weighted by molar-refractivity contribution is 7.92. The van der Waals surface area contributed by atoms with Gasteiger partial charge in [-0.25, -0.2) is 13.4 Å². The van der Waals surface area contributed by atoms with Gasteiger partial charge in [-0.2, -0.15) is 5.10 Å². The smallest absolute Gasteiger partial charge is 0.243 e. The van der Waals surface area contributed by atoms with Crippen LogP contribution >= 0.6 is 0 Å². The van der Waals surface area contributed by atoms with Crippen molar-refractivity contribution in [3.63, 3.8) is 0 Å². The fraction of sp³-hybridized carbons (Fsp3) is 0.750. The van der Waals surface area contributed by atoms with Crippen LogP contribution in [0.3, 0.4) is 0 Å². The second-order valence-electron chi connectivity index (χ2n) is 4.75. The first kappa shape index (κ1) is 14.2. The second-order valence-corrected chi connectivity index (χ2v) is 7.15. The van der Waals surface area contributed by atoms with Crippen molar-refractivity contribution in [2.45, 2.75) is 44.8 Å². The van der Waals surface area contributed by atoms with Crippen LogP contribution in [-0.4, -0.2) is 41.1 Å². The van der Waals surface area contributed by atoms with Gasteiger partial charge in [-0.1, -0.05) is 13.8 Å². The summed E-state index contributed by atoms with van der Waals surface area (Å²) in [5.41, 5.74) is 1.83. The van der Waals surface area contributed by atoms with E-state index in [1.54, 1.807) is 0 Å². The van der Waals surface area contributed by atoms with Crippen LogP contribution in [0.4, 0.5) is 5.95 Å². The largest absolute Gasteiger partial charge is 0.352 e. The molecule has 1 aliphatic heterocycles. The van der Waals surface area contributed by atoms with Crippen LogP contribution in [-0.2, 0) is 22.7 Å². The fourth-order valence-electron chi connectivity index (χ4n) is 2.31. The standard InChI is InChI=1S/C12H20N4O2S/c1-3-10-11(4-2)15-16-12(14-10)13-8-9-6-5-7-19(9,17)18/h9H,3-8H2,1-2H3,(H,13,14,16). The van der Waals surface area contributed by atoms with E-state index >= 15 is 0 Å². The molecule has 0 aromatic carbocycles. The molecule has 1 atom stereocenters. The van der Waals surface area contributed by atoms with E-state index in [-0.39, 0.29) is 5.25 Å². The molecular formula is C12H20N4O2S. The lowest BCUT2D eigenvalue weighted by Gasteiger charge is -2.11. The summed E-state index contributed by atoms with van der Waals surface area (Å²) < 4.78 is 23.4. The number of sulfone groups is 1. The maximum atomic E-state index is 11.7. The summed E-state index contributed by atoms with van der Waals surface area (Å²) in [6, 6.07) is 0. The summed E-state index contributed by atoms with van der Waals surface area (Å²) >= 11 is 0. The lowest BCUT2D eigenvalue weighted by molar-refractivity contribution is 0.591. The molecule has 2 heterocycles. The van der Waals surface area contributed by atoms with Crippen LogP contribution in [0, 0.1) is 0 Å². The van der Waals surface area contributed by atoms with Gasteiger partial charge >= 0.3 is 0 Å². The molecule has 1 N–H and O–H groups in total. The molecule has 6 nitrogen and oxygen atoms in total. The van der Waals surface area contributed by atoms with Gasteiger partial charge in [-0.05, 0) is 25.7 Å². The van der Waals surface area contributed by atoms with E-state index in [2.05, 4.69) is 20.5 Å². The average Bonchev–Trinajstić information content (AvgIpc) is 2.75. The third-order valence-corrected chi connectivity index (χ3v) is 5.74. The zero-order chi connectivity index (χ0) is 13.9. The number of hydrogen-bond acceptors (Lipinski definition) is 6. The number of aromatic nitrogens is 3. The van der Waals surface area contributed by atoms with Gasteiger partial charge in [0.25, 0.3) is 0 Å². The van der Waals surface area contributed by atoms with Crippen molar-refractivity contribution in [1.29, 1.82) is 0 Å². The predicted octanol–water partition coefficient (Wildman–Crippen LogP) is 0.985. The molecule has 0 saturated carbocycles. The summed E-state index contributed by atoms with van der Waals surface area (Å²) in [6.45, 7) is 4.41. The van der Waals surface area contributed by atoms with Crippen molar-refractivity contribution in [1.82, 2.24) is 15.2 Å². The highest BCUT2D eigenvalue weighted by Crippen LogP contribution is 2.20. The zero-order valence-corrected chi connectivity index (χ0v) is 12.2. The molecule has 1 saturated heterocycles. The molecule has 106 valence electrons. The van der Waals surface area contributed by atoms with Crippen molar-refractivity contribution >= 4 is 15.8 Å². The van der Waals surface area contributed by atoms with E-state index in [9.17, 15) is 8.42 Å². The summed E-state index contributed by atoms with van der Waals surface area (Å²) in [5.74, 6) is 0.726. The van der Waals surface area contributed by atoms with Crippen molar-refractivity contribution in [3.8, 4) is 0 Å². The van der Waals surface area contributed by atoms with Gasteiger partial charge in [-0.15, -0.1) is 5.10 Å². The Hall–Kier alpha value is -1.24. The molecule has 0 aliphatic carbocycles. The van der Waals surface area contributed by atoms with Crippen molar-refractivity contribution in [3.05, 3.63) is 11.4 Å². The van der Waals surface area contributed by atoms with Crippen LogP contribution in [0.2, 0.25) is 0 Å². The number of anilines is 1. The van der Waals surface area contributed by atoms with E-state index in [1.807, 2.05) is 13.8 Å². The molecule has 0 spiro atoms. The van der Waals surface area contributed by atoms with E-state index < -0.39 is 9.84 Å². The Kier molecular flexibility index (Phi) is 4.34. The molecule has 1 aromatic rings. The third kappa shape index (κ3) is 3.20. The lowest BCUT2D eigenvalue weighted by Crippen LogP contribution is -2.26. The Morgan fingerprint density at radius 2 is 1.95 bits per heavy atom. The van der Waals surface area contributed by atoms with Crippen LogP contribution in [0.1, 0.15) is 38.1 Å². The molecule has 7 heteroatoms. The molecule has 1 fully saturated rings. The first-order chi connectivity index (χ1) is 9.06. The molecule has 0 amide bonds. The molecule has 1 unspecified atom stereocenters. The molecule has 1 aromatic heterocycles. The Morgan fingerprint density at radius 3 is 2.53 bits per heavy atom. The van der Waals surface area contributed by atoms with Crippen LogP contribution in [0.25, 0.3) is 0 Å². The number of nitrogens with zero attached hydrogens (tertiary/aromatic N) is 3. The Bertz CT molecular complexity index is 545. The highest BCUT2D eigenvalue weighted by atomic mass is 32.2. The van der Waals surface area contributed by atoms with E-state index in [1.165, 1.54) is 0 Å². The quantitative estimate of drug-likeness (QED) is 0.867. The maximum Gasteiger partial charge on any atom is 0.243 e. The van der Waals surface area contributed by atoms with E-state index in [0.29, 0.717) is 18.2 Å². The third-order valence-electron chi connectivity index (χ3n) is 3.46. The van der Waals surface area contributed by atoms with Crippen molar-refractivity contribution in [2.24, 2.45) is 0 Å². The van der Waals surface area contributed by atoms with Crippen LogP contribution < -0.4 is 5.32 Å². The molecular weight excluding hydrogens is 264 g/mol. The first-order valence-corrected chi connectivity index (χ1v) is 8.46. The Balaban J connectivity index is 2.04. The Labute approximate surface area is 114 Å². The predicted molar refractivity (Wildman–Crippen MR) is 73.9 cm³/mol. The number of aryl methyl sites for hydroxylation is 2. The molecule has 1 aliphatic rings. The van der Waals surface area contributed by atoms with Gasteiger partial charge in [0.15, 0.2) is 9.84 Å². The lowest BCUT2D eigenvalue weighted by atomic mass is 10.2.